The van der Waals surface area contributed by atoms with E-state index in [9.17, 15) is 0 Å². The van der Waals surface area contributed by atoms with Crippen molar-refractivity contribution >= 4 is 158 Å². The van der Waals surface area contributed by atoms with Crippen molar-refractivity contribution in [2.24, 2.45) is 0 Å². The predicted molar refractivity (Wildman–Crippen MR) is 229 cm³/mol. The predicted octanol–water partition coefficient (Wildman–Crippen LogP) is 3.31. The van der Waals surface area contributed by atoms with E-state index in [4.69, 9.17) is 65.2 Å². The highest BCUT2D eigenvalue weighted by Crippen LogP contribution is 2.44. The van der Waals surface area contributed by atoms with Crippen molar-refractivity contribution in [2.75, 3.05) is 0 Å². The molecule has 12 radical (unpaired) electrons. The molecule has 0 aliphatic carbocycles. The Bertz CT molecular complexity index is 3010. The van der Waals surface area contributed by atoms with Gasteiger partial charge in [0, 0.05) is 49.4 Å². The molecule has 9 aromatic rings. The number of aromatic nitrogens is 1. The van der Waals surface area contributed by atoms with Crippen LogP contribution in [0.2, 0.25) is 0 Å². The van der Waals surface area contributed by atoms with Crippen LogP contribution in [-0.4, -0.2) is 70.0 Å². The molecule has 3 aromatic heterocycles. The van der Waals surface area contributed by atoms with Crippen molar-refractivity contribution in [3.8, 4) is 16.8 Å². The number of hydrogen-bond acceptors (Lipinski definition) is 4. The van der Waals surface area contributed by atoms with E-state index in [1.165, 1.54) is 0 Å². The van der Waals surface area contributed by atoms with E-state index in [2.05, 4.69) is 24.3 Å². The van der Waals surface area contributed by atoms with E-state index in [-0.39, 0.29) is 0 Å². The lowest BCUT2D eigenvalue weighted by Gasteiger charge is -2.32. The first-order chi connectivity index (χ1) is 25.7. The molecule has 0 saturated carbocycles. The van der Waals surface area contributed by atoms with Gasteiger partial charge in [0.1, 0.15) is 69.4 Å². The van der Waals surface area contributed by atoms with Crippen LogP contribution in [0.3, 0.4) is 0 Å². The Kier molecular flexibility index (Phi) is 7.05. The van der Waals surface area contributed by atoms with Crippen LogP contribution >= 0.6 is 0 Å². The van der Waals surface area contributed by atoms with E-state index in [1.54, 1.807) is 12.1 Å². The Morgan fingerprint density at radius 3 is 1.76 bits per heavy atom. The van der Waals surface area contributed by atoms with Crippen molar-refractivity contribution in [1.82, 2.24) is 4.57 Å². The Hall–Kier alpha value is -4.91. The first-order valence-corrected chi connectivity index (χ1v) is 17.8. The normalized spacial score (nSPS) is 15.6. The quantitative estimate of drug-likeness (QED) is 0.269. The fourth-order valence-corrected chi connectivity index (χ4v) is 8.11. The van der Waals surface area contributed by atoms with Crippen LogP contribution < -0.4 is 38.2 Å². The van der Waals surface area contributed by atoms with Crippen molar-refractivity contribution < 1.29 is 18.1 Å². The van der Waals surface area contributed by atoms with Crippen LogP contribution in [0.1, 0.15) is 27.7 Å². The molecule has 1 saturated heterocycles. The molecule has 0 spiro atoms. The molecule has 6 aromatic carbocycles. The van der Waals surface area contributed by atoms with Crippen LogP contribution in [-0.2, 0) is 9.31 Å². The van der Waals surface area contributed by atoms with Crippen LogP contribution in [0.5, 0.6) is 0 Å². The Morgan fingerprint density at radius 2 is 1.09 bits per heavy atom. The number of fused-ring (bicyclic) bond motifs is 9. The first-order valence-electron chi connectivity index (χ1n) is 17.8. The Labute approximate surface area is 320 Å². The molecule has 244 valence electrons. The second-order valence-electron chi connectivity index (χ2n) is 15.3. The molecule has 0 N–H and O–H groups in total. The van der Waals surface area contributed by atoms with Crippen molar-refractivity contribution in [3.05, 3.63) is 84.9 Å². The minimum absolute atomic E-state index is 0.325. The van der Waals surface area contributed by atoms with Gasteiger partial charge >= 0.3 is 7.12 Å². The summed E-state index contributed by atoms with van der Waals surface area (Å²) in [5.74, 6) is 0. The van der Waals surface area contributed by atoms with E-state index in [0.717, 1.165) is 55.0 Å². The molecular formula is C42H26B7NO4. The number of para-hydroxylation sites is 2. The number of hydrogen-bond donors (Lipinski definition) is 0. The monoisotopic (exact) mass is 685 g/mol. The van der Waals surface area contributed by atoms with Crippen molar-refractivity contribution in [3.63, 3.8) is 0 Å². The van der Waals surface area contributed by atoms with Gasteiger partial charge in [0.2, 0.25) is 0 Å². The molecule has 4 heterocycles. The number of nitrogens with zero attached hydrogens (tertiary/aromatic N) is 1. The topological polar surface area (TPSA) is 49.7 Å². The zero-order valence-corrected chi connectivity index (χ0v) is 30.2. The summed E-state index contributed by atoms with van der Waals surface area (Å²) in [6.07, 6.45) is 0. The maximum absolute atomic E-state index is 6.85. The van der Waals surface area contributed by atoms with Crippen LogP contribution in [0.4, 0.5) is 0 Å². The average Bonchev–Trinajstić information content (AvgIpc) is 3.86. The Morgan fingerprint density at radius 1 is 0.519 bits per heavy atom. The average molecular weight is 684 g/mol. The summed E-state index contributed by atoms with van der Waals surface area (Å²) in [5.41, 5.74) is 8.38. The van der Waals surface area contributed by atoms with Crippen LogP contribution in [0.25, 0.3) is 82.5 Å². The fraction of sp³-hybridized carbons (Fsp3) is 0.143. The molecule has 5 nitrogen and oxygen atoms in total. The lowest BCUT2D eigenvalue weighted by Crippen LogP contribution is -2.41. The van der Waals surface area contributed by atoms with Gasteiger partial charge in [-0.1, -0.05) is 82.5 Å². The highest BCUT2D eigenvalue weighted by atomic mass is 16.7. The maximum atomic E-state index is 6.85. The molecule has 0 bridgehead atoms. The molecule has 1 fully saturated rings. The molecule has 1 aliphatic heterocycles. The number of rotatable bonds is 3. The summed E-state index contributed by atoms with van der Waals surface area (Å²) in [5, 5.41) is 4.89. The number of benzene rings is 6. The maximum Gasteiger partial charge on any atom is 0.494 e. The second-order valence-corrected chi connectivity index (χ2v) is 15.3. The summed E-state index contributed by atoms with van der Waals surface area (Å²) >= 11 is 0. The molecule has 54 heavy (non-hydrogen) atoms. The van der Waals surface area contributed by atoms with Gasteiger partial charge in [-0.15, -0.1) is 10.9 Å². The Balaban J connectivity index is 1.33. The van der Waals surface area contributed by atoms with Crippen molar-refractivity contribution in [1.29, 1.82) is 0 Å². The van der Waals surface area contributed by atoms with E-state index >= 15 is 0 Å². The van der Waals surface area contributed by atoms with Gasteiger partial charge in [-0.25, -0.2) is 0 Å². The smallest absolute Gasteiger partial charge is 0.455 e. The lowest BCUT2D eigenvalue weighted by atomic mass is 9.71. The van der Waals surface area contributed by atoms with Gasteiger partial charge in [-0.05, 0) is 68.2 Å². The molecule has 12 heteroatoms. The minimum atomic E-state index is -0.564. The fourth-order valence-electron chi connectivity index (χ4n) is 8.11. The van der Waals surface area contributed by atoms with E-state index in [0.29, 0.717) is 65.7 Å². The third-order valence-electron chi connectivity index (χ3n) is 11.6. The second kappa shape index (κ2) is 11.3. The largest absolute Gasteiger partial charge is 0.494 e. The molecular weight excluding hydrogens is 658 g/mol. The summed E-state index contributed by atoms with van der Waals surface area (Å²) in [4.78, 5) is 0. The lowest BCUT2D eigenvalue weighted by molar-refractivity contribution is 0.00578. The molecule has 1 aliphatic rings. The van der Waals surface area contributed by atoms with Gasteiger partial charge in [0.15, 0.2) is 0 Å². The third-order valence-corrected chi connectivity index (χ3v) is 11.6. The molecule has 0 unspecified atom stereocenters. The van der Waals surface area contributed by atoms with Gasteiger partial charge in [-0.2, -0.15) is 0 Å². The number of furan rings is 2. The molecule has 10 rings (SSSR count). The van der Waals surface area contributed by atoms with E-state index < -0.39 is 18.3 Å². The zero-order chi connectivity index (χ0) is 37.6. The highest BCUT2D eigenvalue weighted by molar-refractivity contribution is 6.63. The summed E-state index contributed by atoms with van der Waals surface area (Å²) in [7, 11) is 39.2. The third kappa shape index (κ3) is 4.56. The standard InChI is InChI=1S/C42H26B7NO4/c1-41(2)42(3,4)54-49(53-41)19-12-13-22-25-15-20(50-37-29(45)17-27(43)35(47)33(37)34-36(48)28(44)18-30(46)38(34)50)16-26(40(25)52-32(22)14-19)24-10-7-9-23-21-8-5-6-11-31(21)51-39(23)24/h5-18H,1-4H3. The van der Waals surface area contributed by atoms with Crippen LogP contribution in [0, 0.1) is 0 Å². The highest BCUT2D eigenvalue weighted by Gasteiger charge is 2.51. The zero-order valence-electron chi connectivity index (χ0n) is 30.2. The molecule has 0 atom stereocenters. The van der Waals surface area contributed by atoms with Gasteiger partial charge < -0.3 is 22.7 Å². The van der Waals surface area contributed by atoms with Gasteiger partial charge in [-0.3, -0.25) is 0 Å². The summed E-state index contributed by atoms with van der Waals surface area (Å²) < 4.78 is 28.2. The minimum Gasteiger partial charge on any atom is -0.455 e. The SMILES string of the molecule is [B]c1cc([B])c2c(c1[B])c1c([B])c([B])cc([B])c1n2-c1cc(-c2cccc3c2oc2ccccc23)c2oc3cc(B4OC(C)(C)C(C)(C)O4)ccc3c2c1. The van der Waals surface area contributed by atoms with Crippen LogP contribution in [0.15, 0.2) is 93.8 Å². The molecule has 0 amide bonds. The van der Waals surface area contributed by atoms with Gasteiger partial charge in [0.25, 0.3) is 0 Å². The summed E-state index contributed by atoms with van der Waals surface area (Å²) in [6.45, 7) is 8.16. The van der Waals surface area contributed by atoms with E-state index in [1.807, 2.05) is 80.8 Å². The van der Waals surface area contributed by atoms with Crippen molar-refractivity contribution in [2.45, 2.75) is 38.9 Å². The van der Waals surface area contributed by atoms with Gasteiger partial charge in [0.05, 0.1) is 11.2 Å². The first kappa shape index (κ1) is 33.6. The summed E-state index contributed by atoms with van der Waals surface area (Å²) in [6, 6.07) is 27.6.